The van der Waals surface area contributed by atoms with Gasteiger partial charge in [0.2, 0.25) is 0 Å². The van der Waals surface area contributed by atoms with Crippen LogP contribution < -0.4 is 0 Å². The van der Waals surface area contributed by atoms with Crippen LogP contribution in [0.5, 0.6) is 0 Å². The summed E-state index contributed by atoms with van der Waals surface area (Å²) in [5.41, 5.74) is 1.15. The zero-order chi connectivity index (χ0) is 11.4. The molecule has 0 amide bonds. The fourth-order valence-electron chi connectivity index (χ4n) is 1.58. The molecule has 0 spiro atoms. The van der Waals surface area contributed by atoms with Crippen LogP contribution in [0.4, 0.5) is 4.39 Å². The number of benzene rings is 1. The number of aromatic amines is 1. The molecular weight excluding hydrogens is 207 g/mol. The van der Waals surface area contributed by atoms with Gasteiger partial charge in [-0.15, -0.1) is 0 Å². The van der Waals surface area contributed by atoms with Crippen LogP contribution in [-0.4, -0.2) is 23.2 Å². The first-order valence-electron chi connectivity index (χ1n) is 5.52. The summed E-state index contributed by atoms with van der Waals surface area (Å²) in [7, 11) is 0. The third-order valence-electron chi connectivity index (χ3n) is 2.34. The van der Waals surface area contributed by atoms with Gasteiger partial charge in [0.1, 0.15) is 11.3 Å². The van der Waals surface area contributed by atoms with Crippen molar-refractivity contribution in [3.05, 3.63) is 29.8 Å². The topological polar surface area (TPSA) is 37.9 Å². The van der Waals surface area contributed by atoms with E-state index in [-0.39, 0.29) is 5.82 Å². The first kappa shape index (κ1) is 11.1. The second-order valence-corrected chi connectivity index (χ2v) is 3.68. The number of fused-ring (bicyclic) bond motifs is 1. The number of imidazole rings is 1. The Labute approximate surface area is 93.6 Å². The molecule has 2 aromatic rings. The van der Waals surface area contributed by atoms with Crippen LogP contribution in [0.25, 0.3) is 11.0 Å². The Morgan fingerprint density at radius 1 is 1.38 bits per heavy atom. The highest BCUT2D eigenvalue weighted by Crippen LogP contribution is 2.14. The molecule has 0 aliphatic heterocycles. The van der Waals surface area contributed by atoms with Crippen molar-refractivity contribution in [3.63, 3.8) is 0 Å². The van der Waals surface area contributed by atoms with Crippen molar-refractivity contribution in [2.75, 3.05) is 13.2 Å². The number of hydrogen-bond donors (Lipinski definition) is 1. The Balaban J connectivity index is 2.05. The monoisotopic (exact) mass is 222 g/mol. The highest BCUT2D eigenvalue weighted by atomic mass is 19.1. The van der Waals surface area contributed by atoms with Crippen molar-refractivity contribution in [2.45, 2.75) is 19.8 Å². The van der Waals surface area contributed by atoms with Gasteiger partial charge >= 0.3 is 0 Å². The van der Waals surface area contributed by atoms with Gasteiger partial charge in [0.05, 0.1) is 12.1 Å². The number of nitrogens with one attached hydrogen (secondary N) is 1. The summed E-state index contributed by atoms with van der Waals surface area (Å²) in [6.07, 6.45) is 1.70. The van der Waals surface area contributed by atoms with Crippen molar-refractivity contribution in [1.82, 2.24) is 9.97 Å². The standard InChI is InChI=1S/C12H15FN2O/c1-2-7-16-8-6-11-14-10-5-3-4-9(13)12(10)15-11/h3-5H,2,6-8H2,1H3,(H,14,15). The summed E-state index contributed by atoms with van der Waals surface area (Å²) in [5.74, 6) is 0.491. The molecule has 86 valence electrons. The molecule has 1 heterocycles. The molecule has 0 saturated carbocycles. The van der Waals surface area contributed by atoms with Gasteiger partial charge in [-0.1, -0.05) is 13.0 Å². The number of H-pyrrole nitrogens is 1. The third-order valence-corrected chi connectivity index (χ3v) is 2.34. The van der Waals surface area contributed by atoms with Crippen LogP contribution in [-0.2, 0) is 11.2 Å². The molecule has 0 aliphatic rings. The van der Waals surface area contributed by atoms with Gasteiger partial charge in [-0.3, -0.25) is 0 Å². The van der Waals surface area contributed by atoms with E-state index in [4.69, 9.17) is 4.74 Å². The van der Waals surface area contributed by atoms with Gasteiger partial charge in [-0.25, -0.2) is 9.37 Å². The molecule has 4 heteroatoms. The van der Waals surface area contributed by atoms with E-state index in [2.05, 4.69) is 16.9 Å². The van der Waals surface area contributed by atoms with Crippen molar-refractivity contribution < 1.29 is 9.13 Å². The van der Waals surface area contributed by atoms with E-state index in [1.165, 1.54) is 6.07 Å². The summed E-state index contributed by atoms with van der Waals surface area (Å²) in [6, 6.07) is 4.91. The molecule has 0 bridgehead atoms. The van der Waals surface area contributed by atoms with Crippen molar-refractivity contribution in [2.24, 2.45) is 0 Å². The summed E-state index contributed by atoms with van der Waals surface area (Å²) < 4.78 is 18.7. The maximum Gasteiger partial charge on any atom is 0.151 e. The second-order valence-electron chi connectivity index (χ2n) is 3.68. The highest BCUT2D eigenvalue weighted by Gasteiger charge is 2.06. The van der Waals surface area contributed by atoms with Crippen molar-refractivity contribution in [1.29, 1.82) is 0 Å². The molecule has 0 fully saturated rings. The second kappa shape index (κ2) is 5.07. The predicted molar refractivity (Wildman–Crippen MR) is 60.9 cm³/mol. The Morgan fingerprint density at radius 2 is 2.25 bits per heavy atom. The maximum absolute atomic E-state index is 13.3. The molecule has 0 saturated heterocycles. The molecule has 1 aromatic carbocycles. The predicted octanol–water partition coefficient (Wildman–Crippen LogP) is 2.67. The van der Waals surface area contributed by atoms with Crippen LogP contribution in [0.15, 0.2) is 18.2 Å². The van der Waals surface area contributed by atoms with E-state index in [0.717, 1.165) is 24.4 Å². The highest BCUT2D eigenvalue weighted by molar-refractivity contribution is 5.75. The van der Waals surface area contributed by atoms with E-state index in [9.17, 15) is 4.39 Å². The van der Waals surface area contributed by atoms with Gasteiger partial charge in [-0.2, -0.15) is 0 Å². The number of hydrogen-bond acceptors (Lipinski definition) is 2. The van der Waals surface area contributed by atoms with Gasteiger partial charge in [0.25, 0.3) is 0 Å². The lowest BCUT2D eigenvalue weighted by molar-refractivity contribution is 0.137. The maximum atomic E-state index is 13.3. The smallest absolute Gasteiger partial charge is 0.151 e. The minimum absolute atomic E-state index is 0.283. The Hall–Kier alpha value is -1.42. The van der Waals surface area contributed by atoms with Crippen LogP contribution in [0.3, 0.4) is 0 Å². The molecule has 1 N–H and O–H groups in total. The largest absolute Gasteiger partial charge is 0.381 e. The number of aromatic nitrogens is 2. The van der Waals surface area contributed by atoms with Gasteiger partial charge in [0, 0.05) is 13.0 Å². The van der Waals surface area contributed by atoms with E-state index >= 15 is 0 Å². The van der Waals surface area contributed by atoms with Gasteiger partial charge < -0.3 is 9.72 Å². The van der Waals surface area contributed by atoms with Crippen LogP contribution in [0.1, 0.15) is 19.2 Å². The zero-order valence-electron chi connectivity index (χ0n) is 9.29. The quantitative estimate of drug-likeness (QED) is 0.790. The Kier molecular flexibility index (Phi) is 3.51. The molecule has 0 aliphatic carbocycles. The lowest BCUT2D eigenvalue weighted by Gasteiger charge is -1.98. The molecule has 3 nitrogen and oxygen atoms in total. The molecule has 0 atom stereocenters. The number of rotatable bonds is 5. The first-order valence-corrected chi connectivity index (χ1v) is 5.52. The summed E-state index contributed by atoms with van der Waals surface area (Å²) in [6.45, 7) is 3.44. The third kappa shape index (κ3) is 2.39. The number of nitrogens with zero attached hydrogens (tertiary/aromatic N) is 1. The average Bonchev–Trinajstić information content (AvgIpc) is 2.69. The molecular formula is C12H15FN2O. The first-order chi connectivity index (χ1) is 7.81. The SMILES string of the molecule is CCCOCCc1nc2c(F)cccc2[nH]1. The van der Waals surface area contributed by atoms with Crippen molar-refractivity contribution >= 4 is 11.0 Å². The van der Waals surface area contributed by atoms with Gasteiger partial charge in [-0.05, 0) is 18.6 Å². The molecule has 2 rings (SSSR count). The average molecular weight is 222 g/mol. The number of ether oxygens (including phenoxy) is 1. The van der Waals surface area contributed by atoms with E-state index in [1.807, 2.05) is 6.07 Å². The summed E-state index contributed by atoms with van der Waals surface area (Å²) in [4.78, 5) is 7.28. The molecule has 1 aromatic heterocycles. The van der Waals surface area contributed by atoms with Gasteiger partial charge in [0.15, 0.2) is 5.82 Å². The molecule has 0 unspecified atom stereocenters. The number of halogens is 1. The molecule has 16 heavy (non-hydrogen) atoms. The normalized spacial score (nSPS) is 11.1. The fraction of sp³-hybridized carbons (Fsp3) is 0.417. The van der Waals surface area contributed by atoms with Crippen molar-refractivity contribution in [3.8, 4) is 0 Å². The van der Waals surface area contributed by atoms with Crippen LogP contribution in [0.2, 0.25) is 0 Å². The lowest BCUT2D eigenvalue weighted by Crippen LogP contribution is -2.00. The minimum Gasteiger partial charge on any atom is -0.381 e. The summed E-state index contributed by atoms with van der Waals surface area (Å²) in [5, 5.41) is 0. The van der Waals surface area contributed by atoms with E-state index in [1.54, 1.807) is 6.07 Å². The van der Waals surface area contributed by atoms with Crippen LogP contribution >= 0.6 is 0 Å². The van der Waals surface area contributed by atoms with Crippen LogP contribution in [0, 0.1) is 5.82 Å². The Morgan fingerprint density at radius 3 is 3.00 bits per heavy atom. The summed E-state index contributed by atoms with van der Waals surface area (Å²) >= 11 is 0. The lowest BCUT2D eigenvalue weighted by atomic mass is 10.3. The minimum atomic E-state index is -0.283. The zero-order valence-corrected chi connectivity index (χ0v) is 9.29. The molecule has 0 radical (unpaired) electrons. The Bertz CT molecular complexity index is 467. The fourth-order valence-corrected chi connectivity index (χ4v) is 1.58. The van der Waals surface area contributed by atoms with E-state index in [0.29, 0.717) is 18.5 Å². The van der Waals surface area contributed by atoms with E-state index < -0.39 is 0 Å². The number of para-hydroxylation sites is 1.